The van der Waals surface area contributed by atoms with Crippen LogP contribution in [0.25, 0.3) is 0 Å². The third kappa shape index (κ3) is 2.19. The van der Waals surface area contributed by atoms with Crippen molar-refractivity contribution in [3.63, 3.8) is 0 Å². The minimum absolute atomic E-state index is 0.238. The third-order valence-electron chi connectivity index (χ3n) is 1.92. The van der Waals surface area contributed by atoms with Crippen LogP contribution in [0.1, 0.15) is 19.4 Å². The van der Waals surface area contributed by atoms with Gasteiger partial charge in [-0.05, 0) is 54.1 Å². The Morgan fingerprint density at radius 1 is 1.46 bits per heavy atom. The van der Waals surface area contributed by atoms with Gasteiger partial charge >= 0.3 is 0 Å². The maximum atomic E-state index is 12.9. The number of benzene rings is 1. The van der Waals surface area contributed by atoms with Crippen LogP contribution < -0.4 is 0 Å². The maximum absolute atomic E-state index is 12.9. The van der Waals surface area contributed by atoms with E-state index in [1.807, 2.05) is 36.4 Å². The minimum Gasteiger partial charge on any atom is -0.206 e. The van der Waals surface area contributed by atoms with Crippen LogP contribution in [0.3, 0.4) is 0 Å². The topological polar surface area (TPSA) is 23.8 Å². The van der Waals surface area contributed by atoms with Gasteiger partial charge in [0.15, 0.2) is 0 Å². The van der Waals surface area contributed by atoms with Gasteiger partial charge in [-0.25, -0.2) is 4.39 Å². The van der Waals surface area contributed by atoms with Crippen molar-refractivity contribution in [3.05, 3.63) is 33.1 Å². The Morgan fingerprint density at radius 2 is 2.08 bits per heavy atom. The van der Waals surface area contributed by atoms with Crippen LogP contribution in [0.4, 0.5) is 4.39 Å². The zero-order chi connectivity index (χ0) is 10.1. The second kappa shape index (κ2) is 3.62. The molecule has 0 bridgehead atoms. The lowest BCUT2D eigenvalue weighted by Crippen LogP contribution is -2.14. The molecule has 0 N–H and O–H groups in total. The summed E-state index contributed by atoms with van der Waals surface area (Å²) in [5.41, 5.74) is 0.300. The van der Waals surface area contributed by atoms with E-state index in [0.717, 1.165) is 5.56 Å². The maximum Gasteiger partial charge on any atom is 0.136 e. The van der Waals surface area contributed by atoms with Crippen molar-refractivity contribution in [1.82, 2.24) is 0 Å². The highest BCUT2D eigenvalue weighted by Crippen LogP contribution is 2.24. The molecule has 13 heavy (non-hydrogen) atoms. The zero-order valence-corrected chi connectivity index (χ0v) is 9.59. The SMILES string of the molecule is CC(C)(C#N)c1ccc(F)c(I)c1. The van der Waals surface area contributed by atoms with E-state index in [-0.39, 0.29) is 5.82 Å². The van der Waals surface area contributed by atoms with Crippen molar-refractivity contribution in [2.45, 2.75) is 19.3 Å². The molecule has 0 aliphatic carbocycles. The fraction of sp³-hybridized carbons (Fsp3) is 0.300. The summed E-state index contributed by atoms with van der Waals surface area (Å²) < 4.78 is 13.5. The van der Waals surface area contributed by atoms with Crippen LogP contribution in [0, 0.1) is 20.7 Å². The molecule has 1 rings (SSSR count). The van der Waals surface area contributed by atoms with E-state index in [1.54, 1.807) is 12.1 Å². The molecule has 3 heteroatoms. The van der Waals surface area contributed by atoms with Crippen LogP contribution in [-0.2, 0) is 5.41 Å². The van der Waals surface area contributed by atoms with Gasteiger partial charge in [-0.3, -0.25) is 0 Å². The quantitative estimate of drug-likeness (QED) is 0.728. The molecule has 1 nitrogen and oxygen atoms in total. The van der Waals surface area contributed by atoms with Crippen LogP contribution in [0.2, 0.25) is 0 Å². The molecule has 0 aliphatic heterocycles. The van der Waals surface area contributed by atoms with E-state index in [1.165, 1.54) is 6.07 Å². The number of hydrogen-bond acceptors (Lipinski definition) is 1. The molecule has 0 unspecified atom stereocenters. The van der Waals surface area contributed by atoms with Gasteiger partial charge in [0.2, 0.25) is 0 Å². The molecule has 0 fully saturated rings. The van der Waals surface area contributed by atoms with E-state index >= 15 is 0 Å². The summed E-state index contributed by atoms with van der Waals surface area (Å²) in [4.78, 5) is 0. The number of hydrogen-bond donors (Lipinski definition) is 0. The third-order valence-corrected chi connectivity index (χ3v) is 2.75. The molecule has 0 radical (unpaired) electrons. The highest BCUT2D eigenvalue weighted by molar-refractivity contribution is 14.1. The molecule has 0 aromatic heterocycles. The lowest BCUT2D eigenvalue weighted by atomic mass is 9.86. The van der Waals surface area contributed by atoms with Crippen LogP contribution >= 0.6 is 22.6 Å². The van der Waals surface area contributed by atoms with Crippen molar-refractivity contribution in [3.8, 4) is 6.07 Å². The Bertz CT molecular complexity index is 366. The number of nitriles is 1. The molecular weight excluding hydrogens is 280 g/mol. The second-order valence-corrected chi connectivity index (χ2v) is 4.53. The van der Waals surface area contributed by atoms with Gasteiger partial charge in [-0.2, -0.15) is 5.26 Å². The Kier molecular flexibility index (Phi) is 2.91. The normalized spacial score (nSPS) is 11.0. The van der Waals surface area contributed by atoms with Gasteiger partial charge in [-0.15, -0.1) is 0 Å². The van der Waals surface area contributed by atoms with Gasteiger partial charge in [0, 0.05) is 3.57 Å². The van der Waals surface area contributed by atoms with Crippen molar-refractivity contribution >= 4 is 22.6 Å². The average molecular weight is 289 g/mol. The molecule has 0 saturated heterocycles. The van der Waals surface area contributed by atoms with Crippen molar-refractivity contribution < 1.29 is 4.39 Å². The van der Waals surface area contributed by atoms with Gasteiger partial charge < -0.3 is 0 Å². The van der Waals surface area contributed by atoms with Gasteiger partial charge in [0.25, 0.3) is 0 Å². The Morgan fingerprint density at radius 3 is 2.54 bits per heavy atom. The summed E-state index contributed by atoms with van der Waals surface area (Å²) in [7, 11) is 0. The Labute approximate surface area is 90.7 Å². The van der Waals surface area contributed by atoms with Crippen LogP contribution in [0.5, 0.6) is 0 Å². The predicted molar refractivity (Wildman–Crippen MR) is 57.8 cm³/mol. The van der Waals surface area contributed by atoms with Crippen LogP contribution in [-0.4, -0.2) is 0 Å². The summed E-state index contributed by atoms with van der Waals surface area (Å²) >= 11 is 1.92. The highest BCUT2D eigenvalue weighted by atomic mass is 127. The van der Waals surface area contributed by atoms with Gasteiger partial charge in [0.1, 0.15) is 5.82 Å². The molecule has 0 spiro atoms. The lowest BCUT2D eigenvalue weighted by Gasteiger charge is -2.15. The summed E-state index contributed by atoms with van der Waals surface area (Å²) in [6.45, 7) is 3.63. The summed E-state index contributed by atoms with van der Waals surface area (Å²) in [6, 6.07) is 6.94. The van der Waals surface area contributed by atoms with E-state index in [0.29, 0.717) is 3.57 Å². The Hall–Kier alpha value is -0.630. The van der Waals surface area contributed by atoms with E-state index < -0.39 is 5.41 Å². The fourth-order valence-electron chi connectivity index (χ4n) is 0.949. The molecule has 0 amide bonds. The second-order valence-electron chi connectivity index (χ2n) is 3.37. The van der Waals surface area contributed by atoms with Gasteiger partial charge in [0.05, 0.1) is 11.5 Å². The smallest absolute Gasteiger partial charge is 0.136 e. The monoisotopic (exact) mass is 289 g/mol. The number of nitrogens with zero attached hydrogens (tertiary/aromatic N) is 1. The largest absolute Gasteiger partial charge is 0.206 e. The van der Waals surface area contributed by atoms with Crippen molar-refractivity contribution in [2.24, 2.45) is 0 Å². The zero-order valence-electron chi connectivity index (χ0n) is 7.44. The highest BCUT2D eigenvalue weighted by Gasteiger charge is 2.20. The summed E-state index contributed by atoms with van der Waals surface area (Å²) in [5.74, 6) is -0.238. The predicted octanol–water partition coefficient (Wildman–Crippen LogP) is 3.23. The molecule has 0 aliphatic rings. The molecule has 68 valence electrons. The average Bonchev–Trinajstić information content (AvgIpc) is 2.09. The molecule has 1 aromatic carbocycles. The number of rotatable bonds is 1. The summed E-state index contributed by atoms with van der Waals surface area (Å²) in [5, 5.41) is 8.86. The molecule has 1 aromatic rings. The van der Waals surface area contributed by atoms with E-state index in [4.69, 9.17) is 5.26 Å². The fourth-order valence-corrected chi connectivity index (χ4v) is 1.46. The first-order valence-electron chi connectivity index (χ1n) is 3.84. The molecular formula is C10H9FIN. The Balaban J connectivity index is 3.20. The summed E-state index contributed by atoms with van der Waals surface area (Å²) in [6.07, 6.45) is 0. The molecule has 0 atom stereocenters. The molecule has 0 saturated carbocycles. The number of halogens is 2. The first kappa shape index (κ1) is 10.5. The van der Waals surface area contributed by atoms with E-state index in [9.17, 15) is 4.39 Å². The van der Waals surface area contributed by atoms with Crippen molar-refractivity contribution in [2.75, 3.05) is 0 Å². The minimum atomic E-state index is -0.548. The standard InChI is InChI=1S/C10H9FIN/c1-10(2,6-13)7-3-4-8(11)9(12)5-7/h3-5H,1-2H3. The van der Waals surface area contributed by atoms with E-state index in [2.05, 4.69) is 6.07 Å². The molecule has 0 heterocycles. The lowest BCUT2D eigenvalue weighted by molar-refractivity contribution is 0.614. The first-order valence-corrected chi connectivity index (χ1v) is 4.92. The van der Waals surface area contributed by atoms with Gasteiger partial charge in [-0.1, -0.05) is 6.07 Å². The first-order chi connectivity index (χ1) is 5.97. The van der Waals surface area contributed by atoms with Crippen molar-refractivity contribution in [1.29, 1.82) is 5.26 Å². The van der Waals surface area contributed by atoms with Crippen LogP contribution in [0.15, 0.2) is 18.2 Å².